The molecule has 0 bridgehead atoms. The first-order chi connectivity index (χ1) is 11.9. The van der Waals surface area contributed by atoms with E-state index in [1.165, 1.54) is 0 Å². The van der Waals surface area contributed by atoms with Crippen LogP contribution in [-0.4, -0.2) is 27.9 Å². The molecule has 5 nitrogen and oxygen atoms in total. The summed E-state index contributed by atoms with van der Waals surface area (Å²) in [6.07, 6.45) is -2.78. The predicted octanol–water partition coefficient (Wildman–Crippen LogP) is 5.13. The first kappa shape index (κ1) is 22.2. The fourth-order valence-corrected chi connectivity index (χ4v) is 2.23. The van der Waals surface area contributed by atoms with Crippen molar-refractivity contribution in [2.24, 2.45) is 0 Å². The van der Waals surface area contributed by atoms with E-state index in [2.05, 4.69) is 16.7 Å². The van der Waals surface area contributed by atoms with E-state index in [4.69, 9.17) is 9.26 Å². The van der Waals surface area contributed by atoms with Crippen LogP contribution in [0.15, 0.2) is 16.7 Å². The van der Waals surface area contributed by atoms with Gasteiger partial charge >= 0.3 is 12.1 Å². The van der Waals surface area contributed by atoms with Crippen molar-refractivity contribution in [2.45, 2.75) is 83.9 Å². The number of esters is 1. The zero-order valence-corrected chi connectivity index (χ0v) is 15.8. The first-order valence-corrected chi connectivity index (χ1v) is 8.68. The molecule has 0 amide bonds. The lowest BCUT2D eigenvalue weighted by Crippen LogP contribution is -2.25. The lowest BCUT2D eigenvalue weighted by atomic mass is 10.0. The molecule has 1 rings (SSSR count). The summed E-state index contributed by atoms with van der Waals surface area (Å²) >= 11 is 0. The van der Waals surface area contributed by atoms with Crippen molar-refractivity contribution >= 4 is 5.97 Å². The van der Waals surface area contributed by atoms with Crippen LogP contribution in [0.5, 0.6) is 0 Å². The summed E-state index contributed by atoms with van der Waals surface area (Å²) in [5, 5.41) is 3.88. The van der Waals surface area contributed by atoms with E-state index >= 15 is 0 Å². The highest BCUT2D eigenvalue weighted by atomic mass is 19.4. The summed E-state index contributed by atoms with van der Waals surface area (Å²) in [7, 11) is 0. The van der Waals surface area contributed by atoms with E-state index in [0.717, 1.165) is 0 Å². The Morgan fingerprint density at radius 3 is 2.46 bits per heavy atom. The van der Waals surface area contributed by atoms with E-state index < -0.39 is 24.2 Å². The smallest absolute Gasteiger partial charge is 0.389 e. The summed E-state index contributed by atoms with van der Waals surface area (Å²) in [4.78, 5) is 16.1. The number of ether oxygens (including phenoxy) is 1. The minimum atomic E-state index is -4.09. The van der Waals surface area contributed by atoms with Crippen molar-refractivity contribution in [3.8, 4) is 0 Å². The van der Waals surface area contributed by atoms with Crippen molar-refractivity contribution in [1.82, 2.24) is 10.1 Å². The van der Waals surface area contributed by atoms with E-state index in [1.807, 2.05) is 6.92 Å². The third kappa shape index (κ3) is 9.01. The fourth-order valence-electron chi connectivity index (χ4n) is 2.23. The van der Waals surface area contributed by atoms with Crippen molar-refractivity contribution < 1.29 is 27.2 Å². The quantitative estimate of drug-likeness (QED) is 0.340. The number of hydrogen-bond donors (Lipinski definition) is 0. The number of carbonyl (C=O) groups excluding carboxylic acids is 1. The van der Waals surface area contributed by atoms with Gasteiger partial charge in [0, 0.05) is 17.9 Å². The van der Waals surface area contributed by atoms with Gasteiger partial charge in [-0.1, -0.05) is 31.5 Å². The maximum atomic E-state index is 12.1. The van der Waals surface area contributed by atoms with Crippen molar-refractivity contribution in [1.29, 1.82) is 0 Å². The Hall–Kier alpha value is -1.86. The molecule has 0 fully saturated rings. The predicted molar refractivity (Wildman–Crippen MR) is 90.5 cm³/mol. The van der Waals surface area contributed by atoms with Crippen LogP contribution in [0.25, 0.3) is 0 Å². The van der Waals surface area contributed by atoms with Gasteiger partial charge in [-0.2, -0.15) is 18.2 Å². The van der Waals surface area contributed by atoms with Gasteiger partial charge in [-0.3, -0.25) is 0 Å². The Balaban J connectivity index is 2.41. The third-order valence-electron chi connectivity index (χ3n) is 3.57. The average Bonchev–Trinajstić information content (AvgIpc) is 2.92. The van der Waals surface area contributed by atoms with Gasteiger partial charge in [-0.25, -0.2) is 4.79 Å². The SMILES string of the molecule is C=C(Cc1nc(C(C)CCCCCC(F)(F)F)no1)C(=O)OC(C)(C)C. The summed E-state index contributed by atoms with van der Waals surface area (Å²) in [6, 6.07) is 0. The van der Waals surface area contributed by atoms with E-state index in [0.29, 0.717) is 25.1 Å². The third-order valence-corrected chi connectivity index (χ3v) is 3.57. The number of nitrogens with zero attached hydrogens (tertiary/aromatic N) is 2. The lowest BCUT2D eigenvalue weighted by molar-refractivity contribution is -0.150. The Labute approximate surface area is 152 Å². The number of unbranched alkanes of at least 4 members (excludes halogenated alkanes) is 2. The Morgan fingerprint density at radius 2 is 1.88 bits per heavy atom. The van der Waals surface area contributed by atoms with Gasteiger partial charge in [0.1, 0.15) is 5.60 Å². The van der Waals surface area contributed by atoms with Crippen molar-refractivity contribution in [3.05, 3.63) is 23.9 Å². The number of alkyl halides is 3. The molecule has 0 N–H and O–H groups in total. The molecule has 1 unspecified atom stereocenters. The molecule has 0 aliphatic carbocycles. The standard InChI is InChI=1S/C18H27F3N2O3/c1-12(9-7-6-8-10-18(19,20)21)15-22-14(26-23-15)11-13(2)16(24)25-17(3,4)5/h12H,2,6-11H2,1,3-5H3. The topological polar surface area (TPSA) is 65.2 Å². The molecule has 1 heterocycles. The molecular formula is C18H27F3N2O3. The number of hydrogen-bond acceptors (Lipinski definition) is 5. The second-order valence-corrected chi connectivity index (χ2v) is 7.44. The van der Waals surface area contributed by atoms with Crippen LogP contribution in [0.2, 0.25) is 0 Å². The minimum Gasteiger partial charge on any atom is -0.457 e. The fraction of sp³-hybridized carbons (Fsp3) is 0.722. The normalized spacial score (nSPS) is 13.5. The highest BCUT2D eigenvalue weighted by molar-refractivity contribution is 5.88. The van der Waals surface area contributed by atoms with Gasteiger partial charge in [0.2, 0.25) is 5.89 Å². The zero-order valence-electron chi connectivity index (χ0n) is 15.8. The largest absolute Gasteiger partial charge is 0.457 e. The second-order valence-electron chi connectivity index (χ2n) is 7.44. The first-order valence-electron chi connectivity index (χ1n) is 8.68. The van der Waals surface area contributed by atoms with Crippen LogP contribution < -0.4 is 0 Å². The van der Waals surface area contributed by atoms with Gasteiger partial charge in [0.25, 0.3) is 0 Å². The van der Waals surface area contributed by atoms with Crippen LogP contribution in [0.1, 0.15) is 77.4 Å². The van der Waals surface area contributed by atoms with E-state index in [9.17, 15) is 18.0 Å². The van der Waals surface area contributed by atoms with Crippen LogP contribution >= 0.6 is 0 Å². The molecule has 1 aromatic heterocycles. The molecule has 0 radical (unpaired) electrons. The Kier molecular flexibility index (Phi) is 7.84. The number of aromatic nitrogens is 2. The van der Waals surface area contributed by atoms with Crippen LogP contribution in [0.4, 0.5) is 13.2 Å². The minimum absolute atomic E-state index is 0.0341. The van der Waals surface area contributed by atoms with Crippen LogP contribution in [0, 0.1) is 0 Å². The number of rotatable bonds is 9. The highest BCUT2D eigenvalue weighted by Gasteiger charge is 2.26. The average molecular weight is 376 g/mol. The molecule has 0 aromatic carbocycles. The lowest BCUT2D eigenvalue weighted by Gasteiger charge is -2.19. The zero-order chi connectivity index (χ0) is 20.0. The molecule has 1 aromatic rings. The van der Waals surface area contributed by atoms with Gasteiger partial charge in [-0.15, -0.1) is 0 Å². The number of halogens is 3. The molecule has 0 saturated heterocycles. The summed E-state index contributed by atoms with van der Waals surface area (Å²) in [5.41, 5.74) is -0.393. The van der Waals surface area contributed by atoms with Gasteiger partial charge in [-0.05, 0) is 33.6 Å². The molecule has 0 saturated carbocycles. The van der Waals surface area contributed by atoms with E-state index in [-0.39, 0.29) is 30.2 Å². The molecule has 148 valence electrons. The molecule has 8 heteroatoms. The summed E-state index contributed by atoms with van der Waals surface area (Å²) in [6.45, 7) is 10.9. The van der Waals surface area contributed by atoms with Crippen molar-refractivity contribution in [2.75, 3.05) is 0 Å². The molecular weight excluding hydrogens is 349 g/mol. The molecule has 0 spiro atoms. The van der Waals surface area contributed by atoms with Crippen LogP contribution in [0.3, 0.4) is 0 Å². The summed E-state index contributed by atoms with van der Waals surface area (Å²) < 4.78 is 46.6. The second kappa shape index (κ2) is 9.19. The number of carbonyl (C=O) groups is 1. The van der Waals surface area contributed by atoms with Gasteiger partial charge < -0.3 is 9.26 Å². The molecule has 1 atom stereocenters. The molecule has 0 aliphatic heterocycles. The van der Waals surface area contributed by atoms with Crippen molar-refractivity contribution in [3.63, 3.8) is 0 Å². The molecule has 26 heavy (non-hydrogen) atoms. The van der Waals surface area contributed by atoms with Gasteiger partial charge in [0.05, 0.1) is 6.42 Å². The van der Waals surface area contributed by atoms with Gasteiger partial charge in [0.15, 0.2) is 5.82 Å². The monoisotopic (exact) mass is 376 g/mol. The maximum Gasteiger partial charge on any atom is 0.389 e. The molecule has 0 aliphatic rings. The van der Waals surface area contributed by atoms with E-state index in [1.54, 1.807) is 20.8 Å². The summed E-state index contributed by atoms with van der Waals surface area (Å²) in [5.74, 6) is 0.190. The Morgan fingerprint density at radius 1 is 1.23 bits per heavy atom. The maximum absolute atomic E-state index is 12.1. The Bertz CT molecular complexity index is 604. The van der Waals surface area contributed by atoms with Crippen LogP contribution in [-0.2, 0) is 16.0 Å². The highest BCUT2D eigenvalue weighted by Crippen LogP contribution is 2.25.